The lowest BCUT2D eigenvalue weighted by Gasteiger charge is -2.41. The number of hydrogen-bond donors (Lipinski definition) is 4. The Morgan fingerprint density at radius 2 is 1.79 bits per heavy atom. The van der Waals surface area contributed by atoms with Crippen LogP contribution in [0.3, 0.4) is 0 Å². The van der Waals surface area contributed by atoms with Crippen molar-refractivity contribution in [2.45, 2.75) is 40.7 Å². The van der Waals surface area contributed by atoms with Crippen LogP contribution in [0, 0.1) is 13.8 Å². The van der Waals surface area contributed by atoms with Gasteiger partial charge in [0.1, 0.15) is 22.9 Å². The van der Waals surface area contributed by atoms with Gasteiger partial charge in [0.05, 0.1) is 11.4 Å². The summed E-state index contributed by atoms with van der Waals surface area (Å²) in [7, 11) is 0. The monoisotopic (exact) mass is 468 g/mol. The minimum atomic E-state index is -0.103. The molecule has 2 heterocycles. The van der Waals surface area contributed by atoms with Gasteiger partial charge in [0.2, 0.25) is 0 Å². The fourth-order valence-corrected chi connectivity index (χ4v) is 3.71. The molecule has 0 radical (unpaired) electrons. The molecule has 9 nitrogen and oxygen atoms in total. The van der Waals surface area contributed by atoms with Gasteiger partial charge in [0, 0.05) is 36.9 Å². The standard InChI is InChI=1S/C21H28N6O3.C4H8/c1-12-11-26(8-9-27(12)21(29)19-13(2)25-30-14(19)3)17(20(23)24)10-16(22)15-6-4-5-7-18(15)28;1-3-4-2/h4-7,10,12,28H,8-9,11,22-24H2,1-3H3;3-4H,1-2H3/b16-10-;4-3-. The molecule has 1 amide bonds. The van der Waals surface area contributed by atoms with Crippen LogP contribution in [0.25, 0.3) is 5.70 Å². The maximum absolute atomic E-state index is 13.0. The lowest BCUT2D eigenvalue weighted by atomic mass is 10.1. The van der Waals surface area contributed by atoms with Crippen molar-refractivity contribution in [3.63, 3.8) is 0 Å². The highest BCUT2D eigenvalue weighted by Crippen LogP contribution is 2.25. The van der Waals surface area contributed by atoms with Crippen LogP contribution in [0.15, 0.2) is 58.5 Å². The molecule has 1 fully saturated rings. The lowest BCUT2D eigenvalue weighted by molar-refractivity contribution is 0.0544. The highest BCUT2D eigenvalue weighted by atomic mass is 16.5. The van der Waals surface area contributed by atoms with Crippen molar-refractivity contribution < 1.29 is 14.4 Å². The molecule has 9 heteroatoms. The van der Waals surface area contributed by atoms with Gasteiger partial charge >= 0.3 is 0 Å². The van der Waals surface area contributed by atoms with Gasteiger partial charge in [-0.2, -0.15) is 0 Å². The van der Waals surface area contributed by atoms with E-state index in [0.29, 0.717) is 53.6 Å². The van der Waals surface area contributed by atoms with Crippen LogP contribution < -0.4 is 17.2 Å². The number of amides is 1. The first-order valence-corrected chi connectivity index (χ1v) is 11.2. The second kappa shape index (κ2) is 11.8. The van der Waals surface area contributed by atoms with Gasteiger partial charge < -0.3 is 36.6 Å². The van der Waals surface area contributed by atoms with Crippen molar-refractivity contribution in [1.82, 2.24) is 15.0 Å². The largest absolute Gasteiger partial charge is 0.507 e. The van der Waals surface area contributed by atoms with E-state index < -0.39 is 0 Å². The molecule has 1 saturated heterocycles. The molecule has 1 aliphatic rings. The lowest BCUT2D eigenvalue weighted by Crippen LogP contribution is -2.54. The number of aromatic nitrogens is 1. The maximum atomic E-state index is 13.0. The van der Waals surface area contributed by atoms with Crippen molar-refractivity contribution in [2.75, 3.05) is 19.6 Å². The number of aromatic hydroxyl groups is 1. The molecule has 34 heavy (non-hydrogen) atoms. The smallest absolute Gasteiger partial charge is 0.259 e. The van der Waals surface area contributed by atoms with E-state index >= 15 is 0 Å². The Bertz CT molecular complexity index is 1060. The van der Waals surface area contributed by atoms with Crippen molar-refractivity contribution in [3.8, 4) is 5.75 Å². The number of carbonyl (C=O) groups is 1. The molecule has 3 rings (SSSR count). The summed E-state index contributed by atoms with van der Waals surface area (Å²) in [5.41, 5.74) is 20.6. The number of allylic oxidation sites excluding steroid dienone is 3. The molecular formula is C25H36N6O3. The second-order valence-electron chi connectivity index (χ2n) is 8.12. The number of nitrogens with two attached hydrogens (primary N) is 3. The number of hydrogen-bond acceptors (Lipinski definition) is 8. The molecule has 2 aromatic rings. The number of carbonyl (C=O) groups excluding carboxylic acids is 1. The van der Waals surface area contributed by atoms with Gasteiger partial charge in [-0.3, -0.25) is 4.79 Å². The average Bonchev–Trinajstić information content (AvgIpc) is 3.14. The first-order chi connectivity index (χ1) is 16.1. The van der Waals surface area contributed by atoms with E-state index in [0.717, 1.165) is 0 Å². The van der Waals surface area contributed by atoms with E-state index in [9.17, 15) is 9.90 Å². The highest BCUT2D eigenvalue weighted by molar-refractivity contribution is 5.96. The minimum Gasteiger partial charge on any atom is -0.507 e. The SMILES string of the molecule is C/C=C\C.Cc1noc(C)c1C(=O)N1CCN(C(/C=C(\N)c2ccccc2O)=C(N)N)CC1C. The number of phenolic OH excluding ortho intramolecular Hbond substituents is 1. The Morgan fingerprint density at radius 1 is 1.15 bits per heavy atom. The fraction of sp³-hybridized carbons (Fsp3) is 0.360. The van der Waals surface area contributed by atoms with Crippen molar-refractivity contribution >= 4 is 11.6 Å². The van der Waals surface area contributed by atoms with Crippen LogP contribution >= 0.6 is 0 Å². The fourth-order valence-electron chi connectivity index (χ4n) is 3.71. The van der Waals surface area contributed by atoms with Crippen LogP contribution in [-0.2, 0) is 0 Å². The Balaban J connectivity index is 0.000000945. The molecule has 184 valence electrons. The Labute approximate surface area is 201 Å². The van der Waals surface area contributed by atoms with E-state index in [1.807, 2.05) is 37.8 Å². The quantitative estimate of drug-likeness (QED) is 0.395. The van der Waals surface area contributed by atoms with Gasteiger partial charge in [0.25, 0.3) is 5.91 Å². The Hall–Kier alpha value is -3.88. The molecule has 7 N–H and O–H groups in total. The molecule has 0 saturated carbocycles. The van der Waals surface area contributed by atoms with Gasteiger partial charge in [-0.25, -0.2) is 0 Å². The Kier molecular flexibility index (Phi) is 9.18. The van der Waals surface area contributed by atoms with Crippen LogP contribution in [0.4, 0.5) is 0 Å². The predicted octanol–water partition coefficient (Wildman–Crippen LogP) is 2.81. The third kappa shape index (κ3) is 6.12. The molecule has 1 atom stereocenters. The molecule has 0 aliphatic carbocycles. The van der Waals surface area contributed by atoms with Gasteiger partial charge in [-0.1, -0.05) is 29.4 Å². The summed E-state index contributed by atoms with van der Waals surface area (Å²) < 4.78 is 5.14. The first-order valence-electron chi connectivity index (χ1n) is 11.2. The third-order valence-corrected chi connectivity index (χ3v) is 5.61. The minimum absolute atomic E-state index is 0.0736. The normalized spacial score (nSPS) is 16.3. The second-order valence-corrected chi connectivity index (χ2v) is 8.12. The van der Waals surface area contributed by atoms with Crippen LogP contribution in [0.5, 0.6) is 5.75 Å². The highest BCUT2D eigenvalue weighted by Gasteiger charge is 2.32. The summed E-state index contributed by atoms with van der Waals surface area (Å²) in [5, 5.41) is 13.9. The molecular weight excluding hydrogens is 432 g/mol. The van der Waals surface area contributed by atoms with E-state index in [1.54, 1.807) is 49.1 Å². The van der Waals surface area contributed by atoms with Gasteiger partial charge in [0.15, 0.2) is 0 Å². The summed E-state index contributed by atoms with van der Waals surface area (Å²) in [6.07, 6.45) is 5.66. The topological polar surface area (TPSA) is 148 Å². The molecule has 0 bridgehead atoms. The number of nitrogens with zero attached hydrogens (tertiary/aromatic N) is 3. The number of rotatable bonds is 4. The number of piperazine rings is 1. The predicted molar refractivity (Wildman–Crippen MR) is 134 cm³/mol. The van der Waals surface area contributed by atoms with Crippen LogP contribution in [0.1, 0.15) is 48.1 Å². The number of phenols is 1. The van der Waals surface area contributed by atoms with Crippen molar-refractivity contribution in [3.05, 3.63) is 76.6 Å². The summed E-state index contributed by atoms with van der Waals surface area (Å²) in [6, 6.07) is 6.68. The summed E-state index contributed by atoms with van der Waals surface area (Å²) in [6.45, 7) is 11.0. The van der Waals surface area contributed by atoms with Gasteiger partial charge in [-0.05, 0) is 52.8 Å². The third-order valence-electron chi connectivity index (χ3n) is 5.61. The zero-order valence-corrected chi connectivity index (χ0v) is 20.6. The van der Waals surface area contributed by atoms with E-state index in [4.69, 9.17) is 21.7 Å². The zero-order valence-electron chi connectivity index (χ0n) is 20.6. The van der Waals surface area contributed by atoms with Crippen LogP contribution in [0.2, 0.25) is 0 Å². The van der Waals surface area contributed by atoms with Crippen LogP contribution in [-0.4, -0.2) is 51.6 Å². The molecule has 0 spiro atoms. The number of para-hydroxylation sites is 1. The molecule has 1 aliphatic heterocycles. The van der Waals surface area contributed by atoms with E-state index in [-0.39, 0.29) is 23.5 Å². The first kappa shape index (κ1) is 26.4. The van der Waals surface area contributed by atoms with Crippen molar-refractivity contribution in [2.24, 2.45) is 17.2 Å². The van der Waals surface area contributed by atoms with Crippen molar-refractivity contribution in [1.29, 1.82) is 0 Å². The summed E-state index contributed by atoms with van der Waals surface area (Å²) >= 11 is 0. The maximum Gasteiger partial charge on any atom is 0.259 e. The summed E-state index contributed by atoms with van der Waals surface area (Å²) in [5.74, 6) is 0.599. The molecule has 1 aromatic carbocycles. The zero-order chi connectivity index (χ0) is 25.4. The van der Waals surface area contributed by atoms with Gasteiger partial charge in [-0.15, -0.1) is 0 Å². The summed E-state index contributed by atoms with van der Waals surface area (Å²) in [4.78, 5) is 16.8. The Morgan fingerprint density at radius 3 is 2.29 bits per heavy atom. The number of aryl methyl sites for hydroxylation is 2. The van der Waals surface area contributed by atoms with E-state index in [2.05, 4.69) is 5.16 Å². The van der Waals surface area contributed by atoms with E-state index in [1.165, 1.54) is 0 Å². The average molecular weight is 469 g/mol. The molecule has 1 aromatic heterocycles. The number of benzene rings is 1. The molecule has 1 unspecified atom stereocenters.